The number of benzene rings is 2. The first-order valence-corrected chi connectivity index (χ1v) is 7.05. The summed E-state index contributed by atoms with van der Waals surface area (Å²) in [7, 11) is 1.56. The van der Waals surface area contributed by atoms with E-state index in [1.165, 1.54) is 12.1 Å². The van der Waals surface area contributed by atoms with Gasteiger partial charge in [-0.25, -0.2) is 8.78 Å². The monoisotopic (exact) mass is 342 g/mol. The van der Waals surface area contributed by atoms with Gasteiger partial charge < -0.3 is 9.47 Å². The molecule has 0 fully saturated rings. The molecule has 2 nitrogen and oxygen atoms in total. The minimum Gasteiger partial charge on any atom is -0.497 e. The van der Waals surface area contributed by atoms with Crippen molar-refractivity contribution in [3.63, 3.8) is 0 Å². The van der Waals surface area contributed by atoms with E-state index in [0.717, 1.165) is 11.6 Å². The molecule has 0 aliphatic carbocycles. The summed E-state index contributed by atoms with van der Waals surface area (Å²) in [6.45, 7) is 0.0852. The second kappa shape index (κ2) is 6.70. The molecule has 0 spiro atoms. The molecule has 106 valence electrons. The van der Waals surface area contributed by atoms with Gasteiger partial charge in [0.25, 0.3) is 0 Å². The van der Waals surface area contributed by atoms with E-state index in [9.17, 15) is 8.78 Å². The molecule has 0 aliphatic heterocycles. The highest BCUT2D eigenvalue weighted by atomic mass is 79.9. The van der Waals surface area contributed by atoms with Gasteiger partial charge in [0, 0.05) is 23.0 Å². The summed E-state index contributed by atoms with van der Waals surface area (Å²) in [4.78, 5) is 0. The SMILES string of the molecule is COc1ccc(CBr)c(OCc2cc(F)cc(F)c2)c1. The molecule has 0 saturated carbocycles. The normalized spacial score (nSPS) is 10.4. The fourth-order valence-electron chi connectivity index (χ4n) is 1.76. The summed E-state index contributed by atoms with van der Waals surface area (Å²) >= 11 is 3.36. The summed E-state index contributed by atoms with van der Waals surface area (Å²) in [6.07, 6.45) is 0. The first-order chi connectivity index (χ1) is 9.62. The molecular weight excluding hydrogens is 330 g/mol. The van der Waals surface area contributed by atoms with Gasteiger partial charge in [0.1, 0.15) is 29.7 Å². The van der Waals surface area contributed by atoms with E-state index in [1.54, 1.807) is 13.2 Å². The van der Waals surface area contributed by atoms with Crippen LogP contribution < -0.4 is 9.47 Å². The fourth-order valence-corrected chi connectivity index (χ4v) is 2.23. The van der Waals surface area contributed by atoms with E-state index >= 15 is 0 Å². The number of hydrogen-bond donors (Lipinski definition) is 0. The molecule has 0 atom stereocenters. The predicted molar refractivity (Wildman–Crippen MR) is 76.3 cm³/mol. The lowest BCUT2D eigenvalue weighted by atomic mass is 10.2. The molecule has 0 bridgehead atoms. The van der Waals surface area contributed by atoms with Gasteiger partial charge in [-0.3, -0.25) is 0 Å². The molecule has 2 aromatic carbocycles. The van der Waals surface area contributed by atoms with Crippen molar-refractivity contribution in [3.8, 4) is 11.5 Å². The zero-order valence-corrected chi connectivity index (χ0v) is 12.4. The number of methoxy groups -OCH3 is 1. The van der Waals surface area contributed by atoms with Crippen LogP contribution in [0.1, 0.15) is 11.1 Å². The Balaban J connectivity index is 2.17. The quantitative estimate of drug-likeness (QED) is 0.747. The summed E-state index contributed by atoms with van der Waals surface area (Å²) in [6, 6.07) is 8.76. The van der Waals surface area contributed by atoms with Crippen molar-refractivity contribution in [1.29, 1.82) is 0 Å². The van der Waals surface area contributed by atoms with Crippen molar-refractivity contribution in [2.45, 2.75) is 11.9 Å². The standard InChI is InChI=1S/C15H13BrF2O2/c1-19-14-3-2-11(8-16)15(7-14)20-9-10-4-12(17)6-13(18)5-10/h2-7H,8-9H2,1H3. The number of ether oxygens (including phenoxy) is 2. The maximum Gasteiger partial charge on any atom is 0.127 e. The van der Waals surface area contributed by atoms with Crippen LogP contribution in [0.15, 0.2) is 36.4 Å². The number of alkyl halides is 1. The van der Waals surface area contributed by atoms with Gasteiger partial charge in [-0.05, 0) is 23.8 Å². The van der Waals surface area contributed by atoms with Crippen molar-refractivity contribution >= 4 is 15.9 Å². The van der Waals surface area contributed by atoms with Crippen LogP contribution in [0.4, 0.5) is 8.78 Å². The van der Waals surface area contributed by atoms with Gasteiger partial charge in [-0.2, -0.15) is 0 Å². The molecular formula is C15H13BrF2O2. The smallest absolute Gasteiger partial charge is 0.127 e. The summed E-state index contributed by atoms with van der Waals surface area (Å²) in [5.41, 5.74) is 1.37. The highest BCUT2D eigenvalue weighted by Gasteiger charge is 2.07. The molecule has 20 heavy (non-hydrogen) atoms. The Morgan fingerprint density at radius 2 is 1.75 bits per heavy atom. The van der Waals surface area contributed by atoms with Crippen molar-refractivity contribution in [2.75, 3.05) is 7.11 Å². The second-order valence-corrected chi connectivity index (χ2v) is 4.73. The highest BCUT2D eigenvalue weighted by molar-refractivity contribution is 9.08. The van der Waals surface area contributed by atoms with E-state index in [0.29, 0.717) is 22.4 Å². The third kappa shape index (κ3) is 3.70. The van der Waals surface area contributed by atoms with Crippen LogP contribution in [0.2, 0.25) is 0 Å². The molecule has 0 saturated heterocycles. The summed E-state index contributed by atoms with van der Waals surface area (Å²) in [5.74, 6) is 0.0472. The van der Waals surface area contributed by atoms with E-state index in [2.05, 4.69) is 15.9 Å². The Morgan fingerprint density at radius 1 is 1.05 bits per heavy atom. The van der Waals surface area contributed by atoms with Gasteiger partial charge >= 0.3 is 0 Å². The van der Waals surface area contributed by atoms with Gasteiger partial charge in [-0.15, -0.1) is 0 Å². The molecule has 0 heterocycles. The van der Waals surface area contributed by atoms with E-state index < -0.39 is 11.6 Å². The Hall–Kier alpha value is -1.62. The lowest BCUT2D eigenvalue weighted by Crippen LogP contribution is -1.99. The zero-order valence-electron chi connectivity index (χ0n) is 10.8. The maximum absolute atomic E-state index is 13.1. The molecule has 0 amide bonds. The molecule has 0 aromatic heterocycles. The predicted octanol–water partition coefficient (Wildman–Crippen LogP) is 4.45. The minimum absolute atomic E-state index is 0.0852. The number of hydrogen-bond acceptors (Lipinski definition) is 2. The summed E-state index contributed by atoms with van der Waals surface area (Å²) < 4.78 is 36.9. The minimum atomic E-state index is -0.616. The van der Waals surface area contributed by atoms with Crippen LogP contribution in [0.5, 0.6) is 11.5 Å². The first-order valence-electron chi connectivity index (χ1n) is 5.93. The fraction of sp³-hybridized carbons (Fsp3) is 0.200. The van der Waals surface area contributed by atoms with Crippen LogP contribution in [0.3, 0.4) is 0 Å². The lowest BCUT2D eigenvalue weighted by Gasteiger charge is -2.12. The van der Waals surface area contributed by atoms with Gasteiger partial charge in [0.05, 0.1) is 7.11 Å². The Morgan fingerprint density at radius 3 is 2.35 bits per heavy atom. The molecule has 5 heteroatoms. The van der Waals surface area contributed by atoms with Crippen molar-refractivity contribution < 1.29 is 18.3 Å². The first kappa shape index (κ1) is 14.8. The third-order valence-corrected chi connectivity index (χ3v) is 3.34. The molecule has 0 unspecified atom stereocenters. The van der Waals surface area contributed by atoms with E-state index in [-0.39, 0.29) is 6.61 Å². The Bertz CT molecular complexity index is 582. The molecule has 2 rings (SSSR count). The van der Waals surface area contributed by atoms with Crippen molar-refractivity contribution in [2.24, 2.45) is 0 Å². The average molecular weight is 343 g/mol. The molecule has 2 aromatic rings. The van der Waals surface area contributed by atoms with Crippen LogP contribution >= 0.6 is 15.9 Å². The molecule has 0 aliphatic rings. The van der Waals surface area contributed by atoms with Crippen LogP contribution in [0.25, 0.3) is 0 Å². The lowest BCUT2D eigenvalue weighted by molar-refractivity contribution is 0.300. The van der Waals surface area contributed by atoms with Gasteiger partial charge in [-0.1, -0.05) is 22.0 Å². The van der Waals surface area contributed by atoms with Crippen molar-refractivity contribution in [3.05, 3.63) is 59.2 Å². The largest absolute Gasteiger partial charge is 0.497 e. The van der Waals surface area contributed by atoms with Crippen LogP contribution in [-0.4, -0.2) is 7.11 Å². The third-order valence-electron chi connectivity index (χ3n) is 2.73. The van der Waals surface area contributed by atoms with Gasteiger partial charge in [0.2, 0.25) is 0 Å². The van der Waals surface area contributed by atoms with E-state index in [1.807, 2.05) is 12.1 Å². The maximum atomic E-state index is 13.1. The molecule has 0 N–H and O–H groups in total. The average Bonchev–Trinajstić information content (AvgIpc) is 2.43. The number of halogens is 3. The highest BCUT2D eigenvalue weighted by Crippen LogP contribution is 2.27. The van der Waals surface area contributed by atoms with E-state index in [4.69, 9.17) is 9.47 Å². The van der Waals surface area contributed by atoms with Crippen molar-refractivity contribution in [1.82, 2.24) is 0 Å². The second-order valence-electron chi connectivity index (χ2n) is 4.17. The van der Waals surface area contributed by atoms with Crippen LogP contribution in [-0.2, 0) is 11.9 Å². The molecule has 0 radical (unpaired) electrons. The van der Waals surface area contributed by atoms with Gasteiger partial charge in [0.15, 0.2) is 0 Å². The summed E-state index contributed by atoms with van der Waals surface area (Å²) in [5, 5.41) is 0.615. The topological polar surface area (TPSA) is 18.5 Å². The Labute approximate surface area is 124 Å². The number of rotatable bonds is 5. The zero-order chi connectivity index (χ0) is 14.5. The van der Waals surface area contributed by atoms with Crippen LogP contribution in [0, 0.1) is 11.6 Å². The Kier molecular flexibility index (Phi) is 4.95.